The summed E-state index contributed by atoms with van der Waals surface area (Å²) in [4.78, 5) is 21.5. The summed E-state index contributed by atoms with van der Waals surface area (Å²) in [5, 5.41) is 10.2. The lowest BCUT2D eigenvalue weighted by molar-refractivity contribution is -0.0606. The standard InChI is InChI=1S/C27H28FN3O2/c28-23-5-3-4-22(16-23)27(33)30-14-1-2-15-31-24(17-30)26(25(31)18-32)21-8-6-19(7-9-21)20-10-12-29-13-11-20/h3-13,16,24-26,32H,1-2,14-15,17-18H2/t24-,25-,26-/m0/s1. The molecule has 3 atom stereocenters. The summed E-state index contributed by atoms with van der Waals surface area (Å²) in [6, 6.07) is 18.6. The number of carbonyl (C=O) groups excluding carboxylic acids is 1. The van der Waals surface area contributed by atoms with Crippen LogP contribution in [-0.4, -0.2) is 64.1 Å². The summed E-state index contributed by atoms with van der Waals surface area (Å²) in [5.74, 6) is -0.386. The van der Waals surface area contributed by atoms with Crippen LogP contribution in [0.3, 0.4) is 0 Å². The number of halogens is 1. The number of benzene rings is 2. The van der Waals surface area contributed by atoms with Gasteiger partial charge < -0.3 is 10.0 Å². The second-order valence-electron chi connectivity index (χ2n) is 8.91. The predicted molar refractivity (Wildman–Crippen MR) is 125 cm³/mol. The van der Waals surface area contributed by atoms with Crippen molar-refractivity contribution in [3.8, 4) is 11.1 Å². The molecule has 5 nitrogen and oxygen atoms in total. The van der Waals surface area contributed by atoms with E-state index in [2.05, 4.69) is 34.1 Å². The average Bonchev–Trinajstić information content (AvgIpc) is 2.83. The molecule has 6 heteroatoms. The van der Waals surface area contributed by atoms with E-state index in [9.17, 15) is 14.3 Å². The van der Waals surface area contributed by atoms with Gasteiger partial charge in [0.1, 0.15) is 5.82 Å². The number of nitrogens with zero attached hydrogens (tertiary/aromatic N) is 3. The number of aromatic nitrogens is 1. The fourth-order valence-corrected chi connectivity index (χ4v) is 5.37. The Morgan fingerprint density at radius 3 is 2.45 bits per heavy atom. The number of aliphatic hydroxyl groups excluding tert-OH is 1. The van der Waals surface area contributed by atoms with E-state index in [1.807, 2.05) is 17.0 Å². The van der Waals surface area contributed by atoms with Crippen molar-refractivity contribution in [2.24, 2.45) is 0 Å². The molecule has 0 saturated carbocycles. The molecule has 170 valence electrons. The van der Waals surface area contributed by atoms with Crippen LogP contribution in [0.15, 0.2) is 73.1 Å². The van der Waals surface area contributed by atoms with Gasteiger partial charge in [-0.1, -0.05) is 30.3 Å². The zero-order valence-corrected chi connectivity index (χ0v) is 18.5. The van der Waals surface area contributed by atoms with Crippen LogP contribution in [0, 0.1) is 5.82 Å². The Balaban J connectivity index is 1.39. The quantitative estimate of drug-likeness (QED) is 0.661. The Morgan fingerprint density at radius 2 is 1.73 bits per heavy atom. The van der Waals surface area contributed by atoms with Gasteiger partial charge in [0.15, 0.2) is 0 Å². The summed E-state index contributed by atoms with van der Waals surface area (Å²) >= 11 is 0. The van der Waals surface area contributed by atoms with Gasteiger partial charge in [-0.25, -0.2) is 4.39 Å². The lowest BCUT2D eigenvalue weighted by Crippen LogP contribution is -2.67. The SMILES string of the molecule is O=C(c1cccc(F)c1)N1CCCCN2[C@@H](CO)[C@@H](c3ccc(-c4ccncc4)cc3)[C@@H]2C1. The van der Waals surface area contributed by atoms with Crippen molar-refractivity contribution in [3.63, 3.8) is 0 Å². The molecule has 2 fully saturated rings. The molecule has 1 amide bonds. The maximum Gasteiger partial charge on any atom is 0.254 e. The van der Waals surface area contributed by atoms with Gasteiger partial charge in [-0.15, -0.1) is 0 Å². The van der Waals surface area contributed by atoms with Crippen molar-refractivity contribution in [2.45, 2.75) is 30.8 Å². The third-order valence-electron chi connectivity index (χ3n) is 7.04. The first kappa shape index (κ1) is 21.7. The number of rotatable bonds is 4. The third-order valence-corrected chi connectivity index (χ3v) is 7.04. The molecule has 33 heavy (non-hydrogen) atoms. The smallest absolute Gasteiger partial charge is 0.254 e. The molecule has 1 N–H and O–H groups in total. The van der Waals surface area contributed by atoms with Crippen LogP contribution in [-0.2, 0) is 0 Å². The lowest BCUT2D eigenvalue weighted by atomic mass is 9.74. The van der Waals surface area contributed by atoms with E-state index in [-0.39, 0.29) is 30.5 Å². The Labute approximate surface area is 193 Å². The molecule has 0 radical (unpaired) electrons. The second-order valence-corrected chi connectivity index (χ2v) is 8.91. The van der Waals surface area contributed by atoms with Gasteiger partial charge in [0, 0.05) is 49.0 Å². The van der Waals surface area contributed by atoms with Gasteiger partial charge >= 0.3 is 0 Å². The van der Waals surface area contributed by atoms with Crippen LogP contribution >= 0.6 is 0 Å². The average molecular weight is 446 g/mol. The van der Waals surface area contributed by atoms with Crippen molar-refractivity contribution < 1.29 is 14.3 Å². The minimum Gasteiger partial charge on any atom is -0.395 e. The highest BCUT2D eigenvalue weighted by Crippen LogP contribution is 2.42. The molecule has 2 saturated heterocycles. The molecule has 2 aromatic carbocycles. The minimum absolute atomic E-state index is 0.0472. The topological polar surface area (TPSA) is 56.7 Å². The van der Waals surface area contributed by atoms with Gasteiger partial charge in [-0.3, -0.25) is 14.7 Å². The summed E-state index contributed by atoms with van der Waals surface area (Å²) in [6.07, 6.45) is 5.43. The largest absolute Gasteiger partial charge is 0.395 e. The number of aliphatic hydroxyl groups is 1. The Morgan fingerprint density at radius 1 is 1.00 bits per heavy atom. The molecule has 0 bridgehead atoms. The molecule has 5 rings (SSSR count). The van der Waals surface area contributed by atoms with Crippen LogP contribution in [0.2, 0.25) is 0 Å². The Kier molecular flexibility index (Phi) is 6.20. The predicted octanol–water partition coefficient (Wildman–Crippen LogP) is 3.95. The van der Waals surface area contributed by atoms with E-state index in [1.165, 1.54) is 17.7 Å². The van der Waals surface area contributed by atoms with Crippen LogP contribution in [0.4, 0.5) is 4.39 Å². The zero-order chi connectivity index (χ0) is 22.8. The van der Waals surface area contributed by atoms with Crippen molar-refractivity contribution in [1.29, 1.82) is 0 Å². The van der Waals surface area contributed by atoms with Gasteiger partial charge in [0.2, 0.25) is 0 Å². The van der Waals surface area contributed by atoms with Crippen molar-refractivity contribution in [2.75, 3.05) is 26.2 Å². The fourth-order valence-electron chi connectivity index (χ4n) is 5.37. The number of amides is 1. The van der Waals surface area contributed by atoms with Gasteiger partial charge in [0.05, 0.1) is 6.61 Å². The highest BCUT2D eigenvalue weighted by molar-refractivity contribution is 5.94. The third kappa shape index (κ3) is 4.28. The molecular weight excluding hydrogens is 417 g/mol. The number of carbonyl (C=O) groups is 1. The fraction of sp³-hybridized carbons (Fsp3) is 0.333. The highest BCUT2D eigenvalue weighted by Gasteiger charge is 2.49. The zero-order valence-electron chi connectivity index (χ0n) is 18.5. The summed E-state index contributed by atoms with van der Waals surface area (Å²) in [6.45, 7) is 2.24. The number of hydrogen-bond acceptors (Lipinski definition) is 4. The minimum atomic E-state index is -0.398. The molecule has 2 aliphatic heterocycles. The molecule has 1 aromatic heterocycles. The van der Waals surface area contributed by atoms with E-state index in [0.717, 1.165) is 30.5 Å². The molecule has 2 aliphatic rings. The van der Waals surface area contributed by atoms with Crippen LogP contribution < -0.4 is 0 Å². The number of hydrogen-bond donors (Lipinski definition) is 1. The Hall–Kier alpha value is -3.09. The van der Waals surface area contributed by atoms with E-state index in [1.54, 1.807) is 24.5 Å². The molecule has 0 unspecified atom stereocenters. The van der Waals surface area contributed by atoms with Crippen LogP contribution in [0.5, 0.6) is 0 Å². The van der Waals surface area contributed by atoms with E-state index in [4.69, 9.17) is 0 Å². The molecular formula is C27H28FN3O2. The summed E-state index contributed by atoms with van der Waals surface area (Å²) in [5.41, 5.74) is 3.80. The number of pyridine rings is 1. The monoisotopic (exact) mass is 445 g/mol. The molecule has 3 heterocycles. The maximum atomic E-state index is 13.7. The first-order valence-corrected chi connectivity index (χ1v) is 11.6. The normalized spacial score (nSPS) is 23.2. The summed E-state index contributed by atoms with van der Waals surface area (Å²) < 4.78 is 13.7. The van der Waals surface area contributed by atoms with Crippen LogP contribution in [0.1, 0.15) is 34.7 Å². The van der Waals surface area contributed by atoms with E-state index < -0.39 is 5.82 Å². The van der Waals surface area contributed by atoms with Gasteiger partial charge in [-0.2, -0.15) is 0 Å². The van der Waals surface area contributed by atoms with Gasteiger partial charge in [0.25, 0.3) is 5.91 Å². The van der Waals surface area contributed by atoms with E-state index >= 15 is 0 Å². The molecule has 3 aromatic rings. The first-order chi connectivity index (χ1) is 16.2. The molecule has 0 aliphatic carbocycles. The maximum absolute atomic E-state index is 13.7. The van der Waals surface area contributed by atoms with Gasteiger partial charge in [-0.05, 0) is 66.4 Å². The highest BCUT2D eigenvalue weighted by atomic mass is 19.1. The van der Waals surface area contributed by atoms with Crippen LogP contribution in [0.25, 0.3) is 11.1 Å². The summed E-state index contributed by atoms with van der Waals surface area (Å²) in [7, 11) is 0. The van der Waals surface area contributed by atoms with Crippen molar-refractivity contribution >= 4 is 5.91 Å². The van der Waals surface area contributed by atoms with E-state index in [0.29, 0.717) is 18.7 Å². The van der Waals surface area contributed by atoms with Crippen molar-refractivity contribution in [3.05, 3.63) is 90.0 Å². The lowest BCUT2D eigenvalue weighted by Gasteiger charge is -2.57. The Bertz CT molecular complexity index is 1110. The van der Waals surface area contributed by atoms with Crippen molar-refractivity contribution in [1.82, 2.24) is 14.8 Å². The number of fused-ring (bicyclic) bond motifs is 1. The first-order valence-electron chi connectivity index (χ1n) is 11.6. The second kappa shape index (κ2) is 9.41. The molecule has 0 spiro atoms.